The second-order valence-corrected chi connectivity index (χ2v) is 2.80. The van der Waals surface area contributed by atoms with Crippen LogP contribution in [0.4, 0.5) is 0 Å². The van der Waals surface area contributed by atoms with Gasteiger partial charge >= 0.3 is 0 Å². The van der Waals surface area contributed by atoms with Crippen molar-refractivity contribution in [1.29, 1.82) is 0 Å². The molecule has 1 rings (SSSR count). The first-order chi connectivity index (χ1) is 3.70. The Bertz CT molecular complexity index is 74.6. The molecule has 2 N–H and O–H groups in total. The Hall–Kier alpha value is -0.0800. The Morgan fingerprint density at radius 2 is 2.12 bits per heavy atom. The van der Waals surface area contributed by atoms with E-state index >= 15 is 0 Å². The summed E-state index contributed by atoms with van der Waals surface area (Å²) in [6.07, 6.45) is 0.270. The number of hydrogen-bond donors (Lipinski definition) is 1. The molecule has 0 aromatic carbocycles. The fourth-order valence-electron chi connectivity index (χ4n) is 1.08. The first-order valence-electron chi connectivity index (χ1n) is 3.20. The van der Waals surface area contributed by atoms with Gasteiger partial charge in [-0.15, -0.1) is 0 Å². The van der Waals surface area contributed by atoms with Gasteiger partial charge in [-0.05, 0) is 12.8 Å². The minimum atomic E-state index is 0.270. The molecule has 2 heteroatoms. The maximum Gasteiger partial charge on any atom is 0.0542 e. The largest absolute Gasteiger partial charge is 0.316 e. The Balaban J connectivity index is 2.15. The van der Waals surface area contributed by atoms with Gasteiger partial charge in [0.25, 0.3) is 0 Å². The van der Waals surface area contributed by atoms with Crippen LogP contribution in [0.3, 0.4) is 0 Å². The molecule has 0 amide bonds. The third kappa shape index (κ3) is 1.01. The van der Waals surface area contributed by atoms with Gasteiger partial charge in [0, 0.05) is 13.1 Å². The highest BCUT2D eigenvalue weighted by molar-refractivity contribution is 4.77. The second kappa shape index (κ2) is 2.03. The molecule has 1 heterocycles. The van der Waals surface area contributed by atoms with Crippen molar-refractivity contribution >= 4 is 0 Å². The van der Waals surface area contributed by atoms with Gasteiger partial charge in [0.1, 0.15) is 0 Å². The third-order valence-electron chi connectivity index (χ3n) is 1.67. The summed E-state index contributed by atoms with van der Waals surface area (Å²) in [7, 11) is 0. The minimum absolute atomic E-state index is 0.270. The van der Waals surface area contributed by atoms with Gasteiger partial charge in [-0.2, -0.15) is 0 Å². The predicted octanol–water partition coefficient (Wildman–Crippen LogP) is 0.243. The fraction of sp³-hybridized carbons (Fsp3) is 1.00. The number of nitrogens with two attached hydrogens (primary N) is 1. The van der Waals surface area contributed by atoms with Crippen molar-refractivity contribution in [1.82, 2.24) is 4.90 Å². The zero-order valence-electron chi connectivity index (χ0n) is 5.59. The average Bonchev–Trinajstić information content (AvgIpc) is 1.57. The summed E-state index contributed by atoms with van der Waals surface area (Å²) in [5.41, 5.74) is 5.59. The molecule has 0 bridgehead atoms. The van der Waals surface area contributed by atoms with Crippen molar-refractivity contribution in [2.45, 2.75) is 20.0 Å². The smallest absolute Gasteiger partial charge is 0.0542 e. The quantitative estimate of drug-likeness (QED) is 0.529. The Morgan fingerprint density at radius 1 is 1.62 bits per heavy atom. The molecule has 0 spiro atoms. The van der Waals surface area contributed by atoms with E-state index in [1.54, 1.807) is 0 Å². The monoisotopic (exact) mass is 114 g/mol. The summed E-state index contributed by atoms with van der Waals surface area (Å²) in [4.78, 5) is 2.27. The first-order valence-corrected chi connectivity index (χ1v) is 3.20. The average molecular weight is 114 g/mol. The van der Waals surface area contributed by atoms with E-state index in [2.05, 4.69) is 11.8 Å². The summed E-state index contributed by atoms with van der Waals surface area (Å²) >= 11 is 0. The third-order valence-corrected chi connectivity index (χ3v) is 1.67. The maximum atomic E-state index is 5.59. The van der Waals surface area contributed by atoms with E-state index in [4.69, 9.17) is 5.73 Å². The highest BCUT2D eigenvalue weighted by atomic mass is 15.3. The van der Waals surface area contributed by atoms with Gasteiger partial charge in [0.05, 0.1) is 6.17 Å². The zero-order valence-corrected chi connectivity index (χ0v) is 5.59. The first kappa shape index (κ1) is 6.05. The lowest BCUT2D eigenvalue weighted by Gasteiger charge is -2.39. The molecule has 0 aliphatic carbocycles. The van der Waals surface area contributed by atoms with Crippen molar-refractivity contribution in [3.05, 3.63) is 0 Å². The maximum absolute atomic E-state index is 5.59. The Morgan fingerprint density at radius 3 is 2.25 bits per heavy atom. The summed E-state index contributed by atoms with van der Waals surface area (Å²) in [5.74, 6) is 0.876. The number of nitrogens with zero attached hydrogens (tertiary/aromatic N) is 1. The zero-order chi connectivity index (χ0) is 6.15. The Kier molecular flexibility index (Phi) is 1.54. The molecule has 1 aliphatic heterocycles. The molecule has 1 unspecified atom stereocenters. The normalized spacial score (nSPS) is 27.4. The number of hydrogen-bond acceptors (Lipinski definition) is 2. The topological polar surface area (TPSA) is 29.3 Å². The van der Waals surface area contributed by atoms with E-state index in [0.717, 1.165) is 5.92 Å². The molecule has 2 nitrogen and oxygen atoms in total. The second-order valence-electron chi connectivity index (χ2n) is 2.80. The molecule has 8 heavy (non-hydrogen) atoms. The molecule has 1 atom stereocenters. The van der Waals surface area contributed by atoms with Crippen molar-refractivity contribution in [3.63, 3.8) is 0 Å². The van der Waals surface area contributed by atoms with Gasteiger partial charge in [-0.25, -0.2) is 0 Å². The molecule has 0 aromatic rings. The summed E-state index contributed by atoms with van der Waals surface area (Å²) in [5, 5.41) is 0. The minimum Gasteiger partial charge on any atom is -0.316 e. The summed E-state index contributed by atoms with van der Waals surface area (Å²) in [6.45, 7) is 6.67. The van der Waals surface area contributed by atoms with Crippen LogP contribution in [0.5, 0.6) is 0 Å². The van der Waals surface area contributed by atoms with Crippen molar-refractivity contribution < 1.29 is 0 Å². The SMILES string of the molecule is CC1CN(C(C)N)C1. The number of likely N-dealkylation sites (tertiary alicyclic amines) is 1. The van der Waals surface area contributed by atoms with Crippen molar-refractivity contribution in [2.24, 2.45) is 11.7 Å². The van der Waals surface area contributed by atoms with E-state index in [1.165, 1.54) is 13.1 Å². The van der Waals surface area contributed by atoms with E-state index in [9.17, 15) is 0 Å². The van der Waals surface area contributed by atoms with Crippen LogP contribution in [-0.2, 0) is 0 Å². The van der Waals surface area contributed by atoms with E-state index in [1.807, 2.05) is 6.92 Å². The molecule has 48 valence electrons. The molecule has 0 saturated carbocycles. The lowest BCUT2D eigenvalue weighted by molar-refractivity contribution is 0.0734. The van der Waals surface area contributed by atoms with Crippen LogP contribution < -0.4 is 5.73 Å². The molecule has 0 aromatic heterocycles. The molecule has 0 radical (unpaired) electrons. The van der Waals surface area contributed by atoms with Gasteiger partial charge < -0.3 is 5.73 Å². The lowest BCUT2D eigenvalue weighted by atomic mass is 10.0. The van der Waals surface area contributed by atoms with Gasteiger partial charge in [0.2, 0.25) is 0 Å². The lowest BCUT2D eigenvalue weighted by Crippen LogP contribution is -2.53. The molecule has 1 saturated heterocycles. The van der Waals surface area contributed by atoms with Crippen LogP contribution in [0.2, 0.25) is 0 Å². The van der Waals surface area contributed by atoms with Crippen LogP contribution in [-0.4, -0.2) is 24.2 Å². The van der Waals surface area contributed by atoms with Gasteiger partial charge in [-0.3, -0.25) is 4.90 Å². The molecular formula is C6H14N2. The van der Waals surface area contributed by atoms with E-state index < -0.39 is 0 Å². The van der Waals surface area contributed by atoms with Crippen LogP contribution in [0.25, 0.3) is 0 Å². The predicted molar refractivity (Wildman–Crippen MR) is 34.4 cm³/mol. The highest BCUT2D eigenvalue weighted by Gasteiger charge is 2.24. The summed E-state index contributed by atoms with van der Waals surface area (Å²) < 4.78 is 0. The highest BCUT2D eigenvalue weighted by Crippen LogP contribution is 2.14. The molecule has 1 fully saturated rings. The standard InChI is InChI=1S/C6H14N2/c1-5-3-8(4-5)6(2)7/h5-6H,3-4,7H2,1-2H3. The van der Waals surface area contributed by atoms with Crippen LogP contribution in [0.1, 0.15) is 13.8 Å². The fourth-order valence-corrected chi connectivity index (χ4v) is 1.08. The van der Waals surface area contributed by atoms with Gasteiger partial charge in [-0.1, -0.05) is 6.92 Å². The Labute approximate surface area is 50.7 Å². The van der Waals surface area contributed by atoms with Crippen LogP contribution in [0, 0.1) is 5.92 Å². The summed E-state index contributed by atoms with van der Waals surface area (Å²) in [6, 6.07) is 0. The van der Waals surface area contributed by atoms with Crippen molar-refractivity contribution in [3.8, 4) is 0 Å². The van der Waals surface area contributed by atoms with Crippen LogP contribution in [0.15, 0.2) is 0 Å². The van der Waals surface area contributed by atoms with Gasteiger partial charge in [0.15, 0.2) is 0 Å². The van der Waals surface area contributed by atoms with Crippen LogP contribution >= 0.6 is 0 Å². The molecule has 1 aliphatic rings. The number of rotatable bonds is 1. The van der Waals surface area contributed by atoms with E-state index in [0.29, 0.717) is 0 Å². The van der Waals surface area contributed by atoms with E-state index in [-0.39, 0.29) is 6.17 Å². The molecular weight excluding hydrogens is 100 g/mol. The van der Waals surface area contributed by atoms with Crippen molar-refractivity contribution in [2.75, 3.05) is 13.1 Å².